The summed E-state index contributed by atoms with van der Waals surface area (Å²) in [5, 5.41) is 6.84. The third kappa shape index (κ3) is 5.21. The molecule has 160 valence electrons. The molecule has 9 nitrogen and oxygen atoms in total. The molecule has 0 aliphatic heterocycles. The molecule has 2 N–H and O–H groups in total. The van der Waals surface area contributed by atoms with Gasteiger partial charge in [-0.15, -0.1) is 11.8 Å². The van der Waals surface area contributed by atoms with E-state index in [0.29, 0.717) is 24.1 Å². The number of hydrogen-bond acceptors (Lipinski definition) is 9. The Morgan fingerprint density at radius 1 is 1.06 bits per heavy atom. The van der Waals surface area contributed by atoms with E-state index in [4.69, 9.17) is 4.74 Å². The van der Waals surface area contributed by atoms with Crippen LogP contribution < -0.4 is 20.9 Å². The van der Waals surface area contributed by atoms with Gasteiger partial charge in [-0.05, 0) is 43.7 Å². The van der Waals surface area contributed by atoms with Crippen LogP contribution in [0.15, 0.2) is 58.7 Å². The number of carbonyl (C=O) groups is 1. The average Bonchev–Trinajstić information content (AvgIpc) is 3.23. The van der Waals surface area contributed by atoms with E-state index >= 15 is 0 Å². The van der Waals surface area contributed by atoms with Gasteiger partial charge in [0, 0.05) is 35.4 Å². The summed E-state index contributed by atoms with van der Waals surface area (Å²) in [4.78, 5) is 36.8. The number of nitrogens with one attached hydrogen (secondary N) is 2. The fourth-order valence-electron chi connectivity index (χ4n) is 3.54. The molecule has 0 saturated heterocycles. The molecule has 1 aliphatic carbocycles. The van der Waals surface area contributed by atoms with Crippen molar-refractivity contribution in [2.75, 3.05) is 16.9 Å². The van der Waals surface area contributed by atoms with Crippen LogP contribution in [0.3, 0.4) is 0 Å². The molecule has 0 amide bonds. The van der Waals surface area contributed by atoms with Crippen molar-refractivity contribution >= 4 is 30.0 Å². The van der Waals surface area contributed by atoms with Gasteiger partial charge in [-0.1, -0.05) is 0 Å². The van der Waals surface area contributed by atoms with Crippen LogP contribution in [-0.2, 0) is 4.79 Å². The first-order chi connectivity index (χ1) is 15.1. The minimum atomic E-state index is -0.238. The molecule has 3 aromatic heterocycles. The Balaban J connectivity index is 1.36. The van der Waals surface area contributed by atoms with E-state index in [1.807, 2.05) is 24.7 Å². The first kappa shape index (κ1) is 20.9. The predicted molar refractivity (Wildman–Crippen MR) is 119 cm³/mol. The quantitative estimate of drug-likeness (QED) is 0.405. The Bertz CT molecular complexity index is 1090. The Morgan fingerprint density at radius 3 is 2.52 bits per heavy atom. The van der Waals surface area contributed by atoms with Crippen molar-refractivity contribution < 1.29 is 9.53 Å². The zero-order valence-electron chi connectivity index (χ0n) is 16.9. The van der Waals surface area contributed by atoms with Crippen molar-refractivity contribution in [3.05, 3.63) is 59.4 Å². The van der Waals surface area contributed by atoms with E-state index in [1.165, 1.54) is 22.9 Å². The standard InChI is InChI=1S/C21H22N6O3S/c1-31-18-10-23-21(24-11-18)26-15-3-2-14(8-15)25-19-6-4-16(9-22-19)27-12-17(30-13-28)5-7-20(27)29/h4-7,9-15H,2-3,8H2,1H3,(H,22,25)(H,23,24,26)/t14-,15-/m0/s1. The Kier molecular flexibility index (Phi) is 6.46. The van der Waals surface area contributed by atoms with Crippen molar-refractivity contribution in [3.63, 3.8) is 0 Å². The number of carbonyl (C=O) groups excluding carboxylic acids is 1. The second-order valence-corrected chi connectivity index (χ2v) is 8.01. The minimum Gasteiger partial charge on any atom is -0.427 e. The molecule has 4 rings (SSSR count). The summed E-state index contributed by atoms with van der Waals surface area (Å²) in [6, 6.07) is 7.01. The highest BCUT2D eigenvalue weighted by molar-refractivity contribution is 7.98. The lowest BCUT2D eigenvalue weighted by Gasteiger charge is -2.15. The van der Waals surface area contributed by atoms with Gasteiger partial charge in [0.15, 0.2) is 0 Å². The molecule has 3 aromatic rings. The van der Waals surface area contributed by atoms with Gasteiger partial charge in [-0.3, -0.25) is 14.2 Å². The van der Waals surface area contributed by atoms with Crippen LogP contribution in [0.25, 0.3) is 5.69 Å². The predicted octanol–water partition coefficient (Wildman–Crippen LogP) is 2.72. The van der Waals surface area contributed by atoms with Crippen molar-refractivity contribution in [1.82, 2.24) is 19.5 Å². The fourth-order valence-corrected chi connectivity index (χ4v) is 3.86. The smallest absolute Gasteiger partial charge is 0.298 e. The number of aromatic nitrogens is 4. The van der Waals surface area contributed by atoms with Gasteiger partial charge in [0.1, 0.15) is 11.6 Å². The molecule has 1 saturated carbocycles. The Morgan fingerprint density at radius 2 is 1.84 bits per heavy atom. The molecule has 2 atom stereocenters. The van der Waals surface area contributed by atoms with Gasteiger partial charge in [0.2, 0.25) is 5.95 Å². The summed E-state index contributed by atoms with van der Waals surface area (Å²) in [5.74, 6) is 1.67. The summed E-state index contributed by atoms with van der Waals surface area (Å²) in [5.41, 5.74) is 0.349. The number of ether oxygens (including phenoxy) is 1. The van der Waals surface area contributed by atoms with Gasteiger partial charge in [0.05, 0.1) is 18.1 Å². The Labute approximate surface area is 183 Å². The third-order valence-electron chi connectivity index (χ3n) is 5.08. The summed E-state index contributed by atoms with van der Waals surface area (Å²) in [6.45, 7) is 0.324. The van der Waals surface area contributed by atoms with Crippen molar-refractivity contribution in [2.24, 2.45) is 0 Å². The van der Waals surface area contributed by atoms with Gasteiger partial charge in [-0.2, -0.15) is 0 Å². The first-order valence-corrected chi connectivity index (χ1v) is 11.1. The number of thioether (sulfide) groups is 1. The van der Waals surface area contributed by atoms with Crippen molar-refractivity contribution in [1.29, 1.82) is 0 Å². The maximum absolute atomic E-state index is 12.1. The second kappa shape index (κ2) is 9.61. The van der Waals surface area contributed by atoms with Crippen LogP contribution in [0, 0.1) is 0 Å². The number of rotatable bonds is 8. The molecular formula is C21H22N6O3S. The minimum absolute atomic E-state index is 0.238. The summed E-state index contributed by atoms with van der Waals surface area (Å²) in [6.07, 6.45) is 11.7. The molecule has 0 bridgehead atoms. The molecule has 1 aliphatic rings. The highest BCUT2D eigenvalue weighted by atomic mass is 32.2. The third-order valence-corrected chi connectivity index (χ3v) is 5.76. The zero-order valence-corrected chi connectivity index (χ0v) is 17.7. The molecule has 0 unspecified atom stereocenters. The average molecular weight is 439 g/mol. The maximum Gasteiger partial charge on any atom is 0.298 e. The molecule has 31 heavy (non-hydrogen) atoms. The van der Waals surface area contributed by atoms with Gasteiger partial charge < -0.3 is 15.4 Å². The van der Waals surface area contributed by atoms with E-state index in [-0.39, 0.29) is 17.4 Å². The van der Waals surface area contributed by atoms with Gasteiger partial charge in [-0.25, -0.2) is 15.0 Å². The highest BCUT2D eigenvalue weighted by Crippen LogP contribution is 2.25. The van der Waals surface area contributed by atoms with Crippen molar-refractivity contribution in [3.8, 4) is 11.4 Å². The lowest BCUT2D eigenvalue weighted by molar-refractivity contribution is -0.120. The van der Waals surface area contributed by atoms with Crippen LogP contribution >= 0.6 is 11.8 Å². The molecule has 0 radical (unpaired) electrons. The SMILES string of the molecule is CSc1cnc(N[C@H]2CC[C@H](Nc3ccc(-n4cc(OC=O)ccc4=O)cn3)C2)nc1. The van der Waals surface area contributed by atoms with Crippen LogP contribution in [0.4, 0.5) is 11.8 Å². The van der Waals surface area contributed by atoms with E-state index < -0.39 is 0 Å². The summed E-state index contributed by atoms with van der Waals surface area (Å²) < 4.78 is 6.19. The summed E-state index contributed by atoms with van der Waals surface area (Å²) in [7, 11) is 0. The van der Waals surface area contributed by atoms with Gasteiger partial charge >= 0.3 is 0 Å². The molecule has 0 spiro atoms. The maximum atomic E-state index is 12.1. The number of hydrogen-bond donors (Lipinski definition) is 2. The normalized spacial score (nSPS) is 17.8. The number of nitrogens with zero attached hydrogens (tertiary/aromatic N) is 4. The second-order valence-electron chi connectivity index (χ2n) is 7.13. The van der Waals surface area contributed by atoms with E-state index in [0.717, 1.165) is 30.0 Å². The van der Waals surface area contributed by atoms with Crippen LogP contribution in [0.5, 0.6) is 5.75 Å². The molecule has 3 heterocycles. The van der Waals surface area contributed by atoms with E-state index in [1.54, 1.807) is 24.0 Å². The van der Waals surface area contributed by atoms with Crippen molar-refractivity contribution in [2.45, 2.75) is 36.2 Å². The molecule has 10 heteroatoms. The Hall–Kier alpha value is -3.40. The highest BCUT2D eigenvalue weighted by Gasteiger charge is 2.25. The fraction of sp³-hybridized carbons (Fsp3) is 0.286. The lowest BCUT2D eigenvalue weighted by Crippen LogP contribution is -2.22. The first-order valence-electron chi connectivity index (χ1n) is 9.83. The summed E-state index contributed by atoms with van der Waals surface area (Å²) >= 11 is 1.62. The number of pyridine rings is 2. The monoisotopic (exact) mass is 438 g/mol. The largest absolute Gasteiger partial charge is 0.427 e. The van der Waals surface area contributed by atoms with Crippen LogP contribution in [0.2, 0.25) is 0 Å². The molecule has 0 aromatic carbocycles. The number of anilines is 2. The van der Waals surface area contributed by atoms with Crippen LogP contribution in [-0.4, -0.2) is 44.3 Å². The zero-order chi connectivity index (χ0) is 21.6. The topological polar surface area (TPSA) is 111 Å². The van der Waals surface area contributed by atoms with Crippen LogP contribution in [0.1, 0.15) is 19.3 Å². The van der Waals surface area contributed by atoms with E-state index in [9.17, 15) is 9.59 Å². The van der Waals surface area contributed by atoms with E-state index in [2.05, 4.69) is 25.6 Å². The van der Waals surface area contributed by atoms with Gasteiger partial charge in [0.25, 0.3) is 12.0 Å². The molecular weight excluding hydrogens is 416 g/mol. The lowest BCUT2D eigenvalue weighted by atomic mass is 10.2. The molecule has 1 fully saturated rings.